The highest BCUT2D eigenvalue weighted by atomic mass is 28.5. The van der Waals surface area contributed by atoms with Gasteiger partial charge in [0.15, 0.2) is 0 Å². The molecule has 0 fully saturated rings. The molecule has 3 aromatic rings. The average molecular weight is 683 g/mol. The second-order valence-electron chi connectivity index (χ2n) is 8.69. The molecular weight excluding hydrogens is 645 g/mol. The molecule has 19 heteroatoms. The van der Waals surface area contributed by atoms with Gasteiger partial charge in [0.1, 0.15) is 11.4 Å². The fraction of sp³-hybridized carbons (Fsp3) is 0.360. The quantitative estimate of drug-likeness (QED) is 0.192. The van der Waals surface area contributed by atoms with Crippen LogP contribution >= 0.6 is 0 Å². The summed E-state index contributed by atoms with van der Waals surface area (Å²) in [6.07, 6.45) is 3.17. The van der Waals surface area contributed by atoms with Gasteiger partial charge in [0.2, 0.25) is 0 Å². The molecule has 0 saturated heterocycles. The molecule has 0 aliphatic carbocycles. The van der Waals surface area contributed by atoms with E-state index in [1.807, 2.05) is 0 Å². The zero-order chi connectivity index (χ0) is 32.4. The van der Waals surface area contributed by atoms with Gasteiger partial charge in [-0.15, -0.1) is 10.2 Å². The number of hydrogen-bond donors (Lipinski definition) is 1. The molecule has 0 amide bonds. The topological polar surface area (TPSA) is 164 Å². The van der Waals surface area contributed by atoms with Gasteiger partial charge in [-0.2, -0.15) is 0 Å². The van der Waals surface area contributed by atoms with Crippen molar-refractivity contribution in [3.05, 3.63) is 60.2 Å². The third-order valence-corrected chi connectivity index (χ3v) is 17.9. The summed E-state index contributed by atoms with van der Waals surface area (Å²) < 4.78 is 58.8. The fourth-order valence-electron chi connectivity index (χ4n) is 4.30. The van der Waals surface area contributed by atoms with Crippen molar-refractivity contribution in [3.63, 3.8) is 0 Å². The molecule has 15 nitrogen and oxygen atoms in total. The Labute approximate surface area is 261 Å². The van der Waals surface area contributed by atoms with E-state index in [0.29, 0.717) is 11.4 Å². The standard InChI is InChI=1S/C25H38N4O11Si4/c1-31-41(32-2,33-3)18-19-42(34-4,35-5)40-44(38-8,39-9)25-23(21-15-11-13-17-27-21)29-28-22(20-14-10-12-16-26-20)24(25)43(30,36-6)37-7/h10-19,30H,1-9H3/b19-18+. The van der Waals surface area contributed by atoms with E-state index in [1.54, 1.807) is 60.2 Å². The van der Waals surface area contributed by atoms with Gasteiger partial charge in [0.25, 0.3) is 0 Å². The van der Waals surface area contributed by atoms with E-state index in [9.17, 15) is 4.80 Å². The predicted octanol–water partition coefficient (Wildman–Crippen LogP) is 0.231. The third-order valence-electron chi connectivity index (χ3n) is 6.69. The first-order chi connectivity index (χ1) is 21.2. The minimum atomic E-state index is -4.33. The minimum Gasteiger partial charge on any atom is -0.386 e. The Kier molecular flexibility index (Phi) is 12.9. The highest BCUT2D eigenvalue weighted by Crippen LogP contribution is 2.26. The normalized spacial score (nSPS) is 13.1. The molecular formula is C25H38N4O11Si4. The second-order valence-corrected chi connectivity index (χ2v) is 19.5. The minimum absolute atomic E-state index is 0.0979. The molecule has 44 heavy (non-hydrogen) atoms. The Balaban J connectivity index is 2.49. The van der Waals surface area contributed by atoms with Gasteiger partial charge in [-0.3, -0.25) is 9.97 Å². The summed E-state index contributed by atoms with van der Waals surface area (Å²) in [4.78, 5) is 20.9. The Hall–Kier alpha value is -2.45. The molecule has 1 N–H and O–H groups in total. The van der Waals surface area contributed by atoms with Crippen LogP contribution in [-0.2, 0) is 43.9 Å². The van der Waals surface area contributed by atoms with Crippen molar-refractivity contribution in [1.29, 1.82) is 0 Å². The Morgan fingerprint density at radius 3 is 1.34 bits per heavy atom. The maximum absolute atomic E-state index is 12.0. The van der Waals surface area contributed by atoms with Crippen molar-refractivity contribution in [2.24, 2.45) is 0 Å². The molecule has 0 atom stereocenters. The molecule has 0 unspecified atom stereocenters. The molecule has 3 heterocycles. The summed E-state index contributed by atoms with van der Waals surface area (Å²) in [5.74, 6) is 0. The van der Waals surface area contributed by atoms with Gasteiger partial charge < -0.3 is 48.7 Å². The van der Waals surface area contributed by atoms with Crippen LogP contribution in [0.1, 0.15) is 0 Å². The summed E-state index contributed by atoms with van der Waals surface area (Å²) >= 11 is 0. The van der Waals surface area contributed by atoms with Crippen LogP contribution in [-0.4, -0.2) is 124 Å². The Bertz CT molecular complexity index is 1350. The highest BCUT2D eigenvalue weighted by molar-refractivity contribution is 6.91. The monoisotopic (exact) mass is 682 g/mol. The molecule has 3 rings (SSSR count). The summed E-state index contributed by atoms with van der Waals surface area (Å²) in [5.41, 5.74) is 4.23. The van der Waals surface area contributed by atoms with Gasteiger partial charge in [0, 0.05) is 76.4 Å². The van der Waals surface area contributed by atoms with Crippen LogP contribution in [0.25, 0.3) is 22.8 Å². The fourth-order valence-corrected chi connectivity index (χ4v) is 14.7. The van der Waals surface area contributed by atoms with Crippen LogP contribution in [0.2, 0.25) is 0 Å². The summed E-state index contributed by atoms with van der Waals surface area (Å²) in [6.45, 7) is 0. The number of pyridine rings is 2. The van der Waals surface area contributed by atoms with E-state index >= 15 is 0 Å². The van der Waals surface area contributed by atoms with E-state index in [0.717, 1.165) is 0 Å². The smallest absolute Gasteiger partial charge is 0.386 e. The van der Waals surface area contributed by atoms with Crippen LogP contribution in [0, 0.1) is 0 Å². The van der Waals surface area contributed by atoms with E-state index in [1.165, 1.54) is 64.0 Å². The first-order valence-corrected chi connectivity index (χ1v) is 20.1. The lowest BCUT2D eigenvalue weighted by atomic mass is 10.2. The van der Waals surface area contributed by atoms with E-state index < -0.39 is 35.2 Å². The first kappa shape index (κ1) is 36.0. The average Bonchev–Trinajstić information content (AvgIpc) is 3.10. The van der Waals surface area contributed by atoms with E-state index in [2.05, 4.69) is 20.2 Å². The highest BCUT2D eigenvalue weighted by Gasteiger charge is 2.60. The molecule has 0 bridgehead atoms. The molecule has 0 saturated carbocycles. The van der Waals surface area contributed by atoms with Crippen LogP contribution < -0.4 is 10.4 Å². The van der Waals surface area contributed by atoms with Gasteiger partial charge in [-0.25, -0.2) is 0 Å². The van der Waals surface area contributed by atoms with Crippen molar-refractivity contribution in [3.8, 4) is 22.8 Å². The molecule has 0 aromatic carbocycles. The van der Waals surface area contributed by atoms with Crippen molar-refractivity contribution in [1.82, 2.24) is 20.2 Å². The maximum Gasteiger partial charge on any atom is 0.536 e. The molecule has 0 aliphatic heterocycles. The summed E-state index contributed by atoms with van der Waals surface area (Å²) in [6, 6.07) is 10.5. The van der Waals surface area contributed by atoms with Crippen LogP contribution in [0.3, 0.4) is 0 Å². The molecule has 3 aromatic heterocycles. The molecule has 0 radical (unpaired) electrons. The maximum atomic E-state index is 12.0. The van der Waals surface area contributed by atoms with Crippen molar-refractivity contribution >= 4 is 45.6 Å². The van der Waals surface area contributed by atoms with Crippen LogP contribution in [0.4, 0.5) is 0 Å². The predicted molar refractivity (Wildman–Crippen MR) is 166 cm³/mol. The lowest BCUT2D eigenvalue weighted by molar-refractivity contribution is 0.105. The lowest BCUT2D eigenvalue weighted by Crippen LogP contribution is -2.72. The SMILES string of the molecule is CO[Si](/C=C/[Si](OC)(OC)O[Si](OC)(OC)c1c(-c2ccccn2)nnc(-c2ccccn2)c1[Si](O)(OC)OC)(OC)OC. The largest absolute Gasteiger partial charge is 0.536 e. The van der Waals surface area contributed by atoms with Gasteiger partial charge >= 0.3 is 35.2 Å². The van der Waals surface area contributed by atoms with Crippen LogP contribution in [0.15, 0.2) is 60.2 Å². The van der Waals surface area contributed by atoms with Crippen molar-refractivity contribution < 1.29 is 48.7 Å². The van der Waals surface area contributed by atoms with E-state index in [-0.39, 0.29) is 21.8 Å². The van der Waals surface area contributed by atoms with Gasteiger partial charge in [0.05, 0.1) is 21.8 Å². The third kappa shape index (κ3) is 7.17. The number of hydrogen-bond acceptors (Lipinski definition) is 15. The number of rotatable bonds is 17. The van der Waals surface area contributed by atoms with Crippen molar-refractivity contribution in [2.75, 3.05) is 64.0 Å². The summed E-state index contributed by atoms with van der Waals surface area (Å²) in [5, 5.41) is 9.29. The molecule has 0 aliphatic rings. The van der Waals surface area contributed by atoms with Gasteiger partial charge in [-0.1, -0.05) is 12.1 Å². The molecule has 0 spiro atoms. The van der Waals surface area contributed by atoms with Crippen LogP contribution in [0.5, 0.6) is 0 Å². The Morgan fingerprint density at radius 2 is 0.977 bits per heavy atom. The molecule has 240 valence electrons. The zero-order valence-corrected chi connectivity index (χ0v) is 30.1. The number of nitrogens with zero attached hydrogens (tertiary/aromatic N) is 4. The Morgan fingerprint density at radius 1 is 0.545 bits per heavy atom. The first-order valence-electron chi connectivity index (χ1n) is 13.0. The zero-order valence-electron chi connectivity index (χ0n) is 26.1. The lowest BCUT2D eigenvalue weighted by Gasteiger charge is -2.37. The number of aromatic nitrogens is 4. The second kappa shape index (κ2) is 15.7. The van der Waals surface area contributed by atoms with E-state index in [4.69, 9.17) is 43.9 Å². The van der Waals surface area contributed by atoms with Gasteiger partial charge in [-0.05, 0) is 35.7 Å². The van der Waals surface area contributed by atoms with Crippen molar-refractivity contribution in [2.45, 2.75) is 0 Å². The summed E-state index contributed by atoms with van der Waals surface area (Å²) in [7, 11) is -3.13.